The lowest BCUT2D eigenvalue weighted by molar-refractivity contribution is 0.619. The smallest absolute Gasteiger partial charge is 0.169 e. The fourth-order valence-corrected chi connectivity index (χ4v) is 2.63. The lowest BCUT2D eigenvalue weighted by atomic mass is 10.1. The Morgan fingerprint density at radius 2 is 1.90 bits per heavy atom. The maximum absolute atomic E-state index is 14.2. The fraction of sp³-hybridized carbons (Fsp3) is 0.118. The first-order valence-corrected chi connectivity index (χ1v) is 7.15. The van der Waals surface area contributed by atoms with Crippen LogP contribution in [-0.2, 0) is 0 Å². The van der Waals surface area contributed by atoms with Crippen LogP contribution in [0, 0.1) is 5.82 Å². The quantitative estimate of drug-likeness (QED) is 0.662. The molecule has 0 atom stereocenters. The number of fused-ring (bicyclic) bond motifs is 1. The van der Waals surface area contributed by atoms with Crippen molar-refractivity contribution < 1.29 is 4.39 Å². The van der Waals surface area contributed by atoms with Crippen LogP contribution < -0.4 is 4.90 Å². The number of benzene rings is 2. The number of rotatable bonds is 3. The van der Waals surface area contributed by atoms with E-state index in [9.17, 15) is 4.39 Å². The molecule has 4 heteroatoms. The van der Waals surface area contributed by atoms with Crippen LogP contribution in [0.1, 0.15) is 6.92 Å². The Balaban J connectivity index is 2.18. The molecule has 3 aromatic rings. The second-order valence-electron chi connectivity index (χ2n) is 4.70. The monoisotopic (exact) mass is 300 g/mol. The minimum absolute atomic E-state index is 0.290. The summed E-state index contributed by atoms with van der Waals surface area (Å²) in [6.45, 7) is 2.58. The second kappa shape index (κ2) is 5.70. The van der Waals surface area contributed by atoms with Crippen LogP contribution in [0.4, 0.5) is 15.9 Å². The van der Waals surface area contributed by atoms with Crippen molar-refractivity contribution in [3.05, 3.63) is 65.6 Å². The number of halogens is 2. The maximum Gasteiger partial charge on any atom is 0.169 e. The Kier molecular flexibility index (Phi) is 3.76. The van der Waals surface area contributed by atoms with E-state index in [0.29, 0.717) is 17.4 Å². The molecule has 0 fully saturated rings. The largest absolute Gasteiger partial charge is 0.324 e. The van der Waals surface area contributed by atoms with Gasteiger partial charge >= 0.3 is 0 Å². The van der Waals surface area contributed by atoms with E-state index in [2.05, 4.69) is 4.98 Å². The number of pyridine rings is 1. The van der Waals surface area contributed by atoms with E-state index in [1.54, 1.807) is 0 Å². The Morgan fingerprint density at radius 3 is 2.67 bits per heavy atom. The molecule has 1 heterocycles. The minimum atomic E-state index is -0.419. The van der Waals surface area contributed by atoms with Gasteiger partial charge in [-0.25, -0.2) is 9.37 Å². The van der Waals surface area contributed by atoms with Gasteiger partial charge in [-0.15, -0.1) is 0 Å². The topological polar surface area (TPSA) is 16.1 Å². The molecule has 3 rings (SSSR count). The van der Waals surface area contributed by atoms with Gasteiger partial charge in [-0.2, -0.15) is 0 Å². The van der Waals surface area contributed by atoms with Crippen LogP contribution in [-0.4, -0.2) is 11.5 Å². The zero-order valence-corrected chi connectivity index (χ0v) is 12.3. The first-order chi connectivity index (χ1) is 10.2. The molecule has 0 aliphatic rings. The molecule has 21 heavy (non-hydrogen) atoms. The Hall–Kier alpha value is -2.13. The van der Waals surface area contributed by atoms with Crippen LogP contribution in [0.5, 0.6) is 0 Å². The maximum atomic E-state index is 14.2. The zero-order valence-electron chi connectivity index (χ0n) is 11.6. The van der Waals surface area contributed by atoms with Crippen LogP contribution in [0.3, 0.4) is 0 Å². The van der Waals surface area contributed by atoms with Gasteiger partial charge in [0.15, 0.2) is 11.6 Å². The average molecular weight is 301 g/mol. The first kappa shape index (κ1) is 13.8. The standard InChI is InChI=1S/C17H14ClFN2/c1-2-21(17-15(19)10-13(18)11-20-17)16-9-5-7-12-6-3-4-8-14(12)16/h3-11H,2H2,1H3. The third kappa shape index (κ3) is 2.57. The predicted molar refractivity (Wildman–Crippen MR) is 85.8 cm³/mol. The van der Waals surface area contributed by atoms with Crippen molar-refractivity contribution in [1.29, 1.82) is 0 Å². The lowest BCUT2D eigenvalue weighted by Gasteiger charge is -2.24. The molecule has 2 nitrogen and oxygen atoms in total. The van der Waals surface area contributed by atoms with Crippen LogP contribution in [0.15, 0.2) is 54.7 Å². The van der Waals surface area contributed by atoms with Crippen molar-refractivity contribution in [2.45, 2.75) is 6.92 Å². The highest BCUT2D eigenvalue weighted by molar-refractivity contribution is 6.30. The highest BCUT2D eigenvalue weighted by Crippen LogP contribution is 2.32. The minimum Gasteiger partial charge on any atom is -0.324 e. The molecular weight excluding hydrogens is 287 g/mol. The summed E-state index contributed by atoms with van der Waals surface area (Å²) >= 11 is 5.78. The van der Waals surface area contributed by atoms with Gasteiger partial charge in [-0.05, 0) is 24.4 Å². The van der Waals surface area contributed by atoms with Gasteiger partial charge in [0.25, 0.3) is 0 Å². The van der Waals surface area contributed by atoms with Crippen molar-refractivity contribution in [2.24, 2.45) is 0 Å². The molecular formula is C17H14ClFN2. The van der Waals surface area contributed by atoms with E-state index in [0.717, 1.165) is 16.5 Å². The Bertz CT molecular complexity index is 783. The van der Waals surface area contributed by atoms with E-state index in [-0.39, 0.29) is 0 Å². The summed E-state index contributed by atoms with van der Waals surface area (Å²) in [5.74, 6) is -0.129. The van der Waals surface area contributed by atoms with Gasteiger partial charge in [0.05, 0.1) is 10.7 Å². The molecule has 2 aromatic carbocycles. The third-order valence-corrected chi connectivity index (χ3v) is 3.62. The summed E-state index contributed by atoms with van der Waals surface area (Å²) in [7, 11) is 0. The molecule has 0 aliphatic heterocycles. The highest BCUT2D eigenvalue weighted by atomic mass is 35.5. The normalized spacial score (nSPS) is 10.8. The summed E-state index contributed by atoms with van der Waals surface area (Å²) in [5, 5.41) is 2.48. The van der Waals surface area contributed by atoms with Gasteiger partial charge in [-0.1, -0.05) is 48.0 Å². The Labute approximate surface area is 127 Å². The number of hydrogen-bond acceptors (Lipinski definition) is 2. The molecule has 0 amide bonds. The lowest BCUT2D eigenvalue weighted by Crippen LogP contribution is -2.19. The molecule has 0 bridgehead atoms. The summed E-state index contributed by atoms with van der Waals surface area (Å²) in [6, 6.07) is 15.3. The van der Waals surface area contributed by atoms with E-state index >= 15 is 0 Å². The predicted octanol–water partition coefficient (Wildman–Crippen LogP) is 5.19. The second-order valence-corrected chi connectivity index (χ2v) is 5.14. The fourth-order valence-electron chi connectivity index (χ4n) is 2.48. The zero-order chi connectivity index (χ0) is 14.8. The highest BCUT2D eigenvalue weighted by Gasteiger charge is 2.16. The molecule has 0 saturated heterocycles. The summed E-state index contributed by atoms with van der Waals surface area (Å²) < 4.78 is 14.2. The molecule has 0 radical (unpaired) electrons. The summed E-state index contributed by atoms with van der Waals surface area (Å²) in [4.78, 5) is 6.01. The summed E-state index contributed by atoms with van der Waals surface area (Å²) in [6.07, 6.45) is 1.47. The number of anilines is 2. The van der Waals surface area contributed by atoms with Crippen molar-refractivity contribution in [3.8, 4) is 0 Å². The molecule has 0 aliphatic carbocycles. The summed E-state index contributed by atoms with van der Waals surface area (Å²) in [5.41, 5.74) is 0.935. The number of aromatic nitrogens is 1. The van der Waals surface area contributed by atoms with Gasteiger partial charge < -0.3 is 4.90 Å². The van der Waals surface area contributed by atoms with Gasteiger partial charge in [0.1, 0.15) is 0 Å². The van der Waals surface area contributed by atoms with Crippen LogP contribution >= 0.6 is 11.6 Å². The third-order valence-electron chi connectivity index (χ3n) is 3.42. The van der Waals surface area contributed by atoms with E-state index < -0.39 is 5.82 Å². The van der Waals surface area contributed by atoms with Crippen molar-refractivity contribution in [1.82, 2.24) is 4.98 Å². The van der Waals surface area contributed by atoms with E-state index in [1.807, 2.05) is 54.3 Å². The van der Waals surface area contributed by atoms with Crippen molar-refractivity contribution in [2.75, 3.05) is 11.4 Å². The number of nitrogens with zero attached hydrogens (tertiary/aromatic N) is 2. The molecule has 0 N–H and O–H groups in total. The molecule has 0 spiro atoms. The van der Waals surface area contributed by atoms with Crippen LogP contribution in [0.25, 0.3) is 10.8 Å². The van der Waals surface area contributed by atoms with Crippen LogP contribution in [0.2, 0.25) is 5.02 Å². The van der Waals surface area contributed by atoms with Gasteiger partial charge in [-0.3, -0.25) is 0 Å². The van der Waals surface area contributed by atoms with Crippen molar-refractivity contribution >= 4 is 33.9 Å². The van der Waals surface area contributed by atoms with Crippen molar-refractivity contribution in [3.63, 3.8) is 0 Å². The molecule has 1 aromatic heterocycles. The molecule has 106 valence electrons. The average Bonchev–Trinajstić information content (AvgIpc) is 2.50. The van der Waals surface area contributed by atoms with E-state index in [4.69, 9.17) is 11.6 Å². The SMILES string of the molecule is CCN(c1ncc(Cl)cc1F)c1cccc2ccccc12. The van der Waals surface area contributed by atoms with Gasteiger partial charge in [0.2, 0.25) is 0 Å². The molecule has 0 unspecified atom stereocenters. The Morgan fingerprint density at radius 1 is 1.14 bits per heavy atom. The van der Waals surface area contributed by atoms with E-state index in [1.165, 1.54) is 12.3 Å². The molecule has 0 saturated carbocycles. The van der Waals surface area contributed by atoms with Gasteiger partial charge in [0, 0.05) is 18.1 Å². The first-order valence-electron chi connectivity index (χ1n) is 6.77. The number of hydrogen-bond donors (Lipinski definition) is 0.